The summed E-state index contributed by atoms with van der Waals surface area (Å²) in [7, 11) is -3.35. The van der Waals surface area contributed by atoms with Gasteiger partial charge in [-0.25, -0.2) is 13.1 Å². The van der Waals surface area contributed by atoms with Crippen LogP contribution in [-0.2, 0) is 10.0 Å². The fourth-order valence-electron chi connectivity index (χ4n) is 5.91. The molecule has 0 amide bonds. The molecule has 0 aliphatic heterocycles. The molecular formula is C17H25NO2S2. The van der Waals surface area contributed by atoms with Gasteiger partial charge in [-0.3, -0.25) is 0 Å². The van der Waals surface area contributed by atoms with Crippen LogP contribution in [0.1, 0.15) is 51.9 Å². The Morgan fingerprint density at radius 3 is 2.27 bits per heavy atom. The van der Waals surface area contributed by atoms with Gasteiger partial charge >= 0.3 is 0 Å². The first-order chi connectivity index (χ1) is 10.5. The van der Waals surface area contributed by atoms with Crippen LogP contribution in [0.3, 0.4) is 0 Å². The summed E-state index contributed by atoms with van der Waals surface area (Å²) in [5, 5.41) is 1.83. The zero-order chi connectivity index (χ0) is 15.4. The minimum Gasteiger partial charge on any atom is -0.207 e. The molecule has 22 heavy (non-hydrogen) atoms. The van der Waals surface area contributed by atoms with E-state index in [0.29, 0.717) is 4.21 Å². The Kier molecular flexibility index (Phi) is 3.66. The molecule has 4 aliphatic carbocycles. The molecule has 3 nitrogen and oxygen atoms in total. The highest BCUT2D eigenvalue weighted by Crippen LogP contribution is 2.61. The van der Waals surface area contributed by atoms with Gasteiger partial charge in [0, 0.05) is 6.04 Å². The molecule has 1 atom stereocenters. The summed E-state index contributed by atoms with van der Waals surface area (Å²) in [6, 6.07) is 3.62. The minimum absolute atomic E-state index is 0.105. The maximum atomic E-state index is 12.7. The SMILES string of the molecule is CC[C@H](NS(=O)(=O)c1cccs1)C12CC3CC(CC(C3)C1)C2. The summed E-state index contributed by atoms with van der Waals surface area (Å²) in [6.45, 7) is 2.14. The second-order valence-corrected chi connectivity index (χ2v) is 10.7. The fraction of sp³-hybridized carbons (Fsp3) is 0.765. The van der Waals surface area contributed by atoms with Crippen molar-refractivity contribution >= 4 is 21.4 Å². The number of thiophene rings is 1. The van der Waals surface area contributed by atoms with E-state index in [1.54, 1.807) is 6.07 Å². The highest BCUT2D eigenvalue weighted by Gasteiger charge is 2.54. The standard InChI is InChI=1S/C17H25NO2S2/c1-2-15(18-22(19,20)16-4-3-5-21-16)17-9-12-6-13(10-17)8-14(7-12)11-17/h3-5,12-15,18H,2,6-11H2,1H3/t12?,13?,14?,15-,17?/m0/s1. The third-order valence-electron chi connectivity index (χ3n) is 6.29. The van der Waals surface area contributed by atoms with E-state index in [2.05, 4.69) is 11.6 Å². The van der Waals surface area contributed by atoms with Crippen LogP contribution < -0.4 is 4.72 Å². The molecule has 4 aliphatic rings. The zero-order valence-electron chi connectivity index (χ0n) is 13.1. The number of hydrogen-bond donors (Lipinski definition) is 1. The molecule has 4 bridgehead atoms. The number of sulfonamides is 1. The largest absolute Gasteiger partial charge is 0.250 e. The van der Waals surface area contributed by atoms with Gasteiger partial charge in [-0.15, -0.1) is 11.3 Å². The second-order valence-electron chi connectivity index (χ2n) is 7.79. The summed E-state index contributed by atoms with van der Waals surface area (Å²) in [5.41, 5.74) is 0.230. The van der Waals surface area contributed by atoms with E-state index in [-0.39, 0.29) is 11.5 Å². The smallest absolute Gasteiger partial charge is 0.207 e. The van der Waals surface area contributed by atoms with Gasteiger partial charge in [0.2, 0.25) is 10.0 Å². The van der Waals surface area contributed by atoms with Gasteiger partial charge in [-0.1, -0.05) is 13.0 Å². The Morgan fingerprint density at radius 2 is 1.82 bits per heavy atom. The summed E-state index contributed by atoms with van der Waals surface area (Å²) in [6.07, 6.45) is 8.81. The first-order valence-corrected chi connectivity index (χ1v) is 10.9. The van der Waals surface area contributed by atoms with E-state index in [1.165, 1.54) is 49.9 Å². The lowest BCUT2D eigenvalue weighted by Crippen LogP contribution is -2.56. The van der Waals surface area contributed by atoms with Crippen LogP contribution in [0.15, 0.2) is 21.7 Å². The molecule has 5 heteroatoms. The normalized spacial score (nSPS) is 38.3. The maximum absolute atomic E-state index is 12.7. The third kappa shape index (κ3) is 2.45. The average molecular weight is 340 g/mol. The summed E-state index contributed by atoms with van der Waals surface area (Å²) in [5.74, 6) is 2.56. The van der Waals surface area contributed by atoms with Crippen molar-refractivity contribution in [2.24, 2.45) is 23.2 Å². The Bertz CT molecular complexity index is 600. The molecule has 1 N–H and O–H groups in total. The summed E-state index contributed by atoms with van der Waals surface area (Å²) in [4.78, 5) is 0. The topological polar surface area (TPSA) is 46.2 Å². The van der Waals surface area contributed by atoms with E-state index in [9.17, 15) is 8.42 Å². The van der Waals surface area contributed by atoms with Crippen molar-refractivity contribution in [1.82, 2.24) is 4.72 Å². The lowest BCUT2D eigenvalue weighted by Gasteiger charge is -2.59. The maximum Gasteiger partial charge on any atom is 0.250 e. The first-order valence-electron chi connectivity index (χ1n) is 8.56. The van der Waals surface area contributed by atoms with Crippen molar-refractivity contribution in [1.29, 1.82) is 0 Å². The van der Waals surface area contributed by atoms with E-state index >= 15 is 0 Å². The third-order valence-corrected chi connectivity index (χ3v) is 9.16. The van der Waals surface area contributed by atoms with Crippen LogP contribution in [0.5, 0.6) is 0 Å². The predicted molar refractivity (Wildman–Crippen MR) is 89.3 cm³/mol. The molecule has 0 aromatic carbocycles. The molecule has 4 saturated carbocycles. The molecule has 0 unspecified atom stereocenters. The average Bonchev–Trinajstić information content (AvgIpc) is 2.98. The van der Waals surface area contributed by atoms with Crippen molar-refractivity contribution in [2.75, 3.05) is 0 Å². The molecule has 1 heterocycles. The van der Waals surface area contributed by atoms with Gasteiger partial charge in [-0.05, 0) is 79.6 Å². The first kappa shape index (κ1) is 15.2. The molecule has 5 rings (SSSR count). The number of rotatable bonds is 5. The van der Waals surface area contributed by atoms with Crippen molar-refractivity contribution < 1.29 is 8.42 Å². The second kappa shape index (κ2) is 5.32. The van der Waals surface area contributed by atoms with Gasteiger partial charge in [0.25, 0.3) is 0 Å². The van der Waals surface area contributed by atoms with E-state index < -0.39 is 10.0 Å². The Hall–Kier alpha value is -0.390. The van der Waals surface area contributed by atoms with Gasteiger partial charge in [0.05, 0.1) is 0 Å². The van der Waals surface area contributed by atoms with Crippen molar-refractivity contribution in [3.8, 4) is 0 Å². The molecule has 0 radical (unpaired) electrons. The minimum atomic E-state index is -3.35. The van der Waals surface area contributed by atoms with E-state index in [1.807, 2.05) is 11.4 Å². The predicted octanol–water partition coefficient (Wildman–Crippen LogP) is 4.02. The highest BCUT2D eigenvalue weighted by atomic mass is 32.2. The molecular weight excluding hydrogens is 314 g/mol. The van der Waals surface area contributed by atoms with Crippen molar-refractivity contribution in [2.45, 2.75) is 62.1 Å². The quantitative estimate of drug-likeness (QED) is 0.880. The van der Waals surface area contributed by atoms with Crippen LogP contribution in [-0.4, -0.2) is 14.5 Å². The Labute approximate surface area is 137 Å². The Morgan fingerprint density at radius 1 is 1.23 bits per heavy atom. The molecule has 0 saturated heterocycles. The summed E-state index contributed by atoms with van der Waals surface area (Å²) >= 11 is 1.31. The van der Waals surface area contributed by atoms with Crippen LogP contribution in [0.4, 0.5) is 0 Å². The number of nitrogens with one attached hydrogen (secondary N) is 1. The monoisotopic (exact) mass is 339 g/mol. The van der Waals surface area contributed by atoms with E-state index in [4.69, 9.17) is 0 Å². The van der Waals surface area contributed by atoms with Crippen molar-refractivity contribution in [3.63, 3.8) is 0 Å². The number of hydrogen-bond acceptors (Lipinski definition) is 3. The summed E-state index contributed by atoms with van der Waals surface area (Å²) < 4.78 is 28.8. The lowest BCUT2D eigenvalue weighted by molar-refractivity contribution is -0.0704. The molecule has 0 spiro atoms. The lowest BCUT2D eigenvalue weighted by atomic mass is 9.47. The highest BCUT2D eigenvalue weighted by molar-refractivity contribution is 7.91. The van der Waals surface area contributed by atoms with Crippen LogP contribution in [0.25, 0.3) is 0 Å². The van der Waals surface area contributed by atoms with Gasteiger partial charge in [0.1, 0.15) is 4.21 Å². The van der Waals surface area contributed by atoms with Gasteiger partial charge < -0.3 is 0 Å². The Balaban J connectivity index is 1.60. The van der Waals surface area contributed by atoms with E-state index in [0.717, 1.165) is 24.2 Å². The van der Waals surface area contributed by atoms with Gasteiger partial charge in [-0.2, -0.15) is 0 Å². The van der Waals surface area contributed by atoms with Crippen LogP contribution in [0.2, 0.25) is 0 Å². The zero-order valence-corrected chi connectivity index (χ0v) is 14.8. The van der Waals surface area contributed by atoms with Crippen LogP contribution >= 0.6 is 11.3 Å². The molecule has 122 valence electrons. The fourth-order valence-corrected chi connectivity index (χ4v) is 8.34. The van der Waals surface area contributed by atoms with Crippen LogP contribution in [0, 0.1) is 23.2 Å². The molecule has 4 fully saturated rings. The molecule has 1 aromatic rings. The van der Waals surface area contributed by atoms with Gasteiger partial charge in [0.15, 0.2) is 0 Å². The molecule has 1 aromatic heterocycles. The van der Waals surface area contributed by atoms with Crippen molar-refractivity contribution in [3.05, 3.63) is 17.5 Å².